The summed E-state index contributed by atoms with van der Waals surface area (Å²) < 4.78 is 5.20. The van der Waals surface area contributed by atoms with Crippen LogP contribution < -0.4 is 9.64 Å². The SMILES string of the molecule is COc1cccc(/C=C/C(=O)c2ccc(O)c(C[NH+]3CCCCC3)c2)c1. The third-order valence-electron chi connectivity index (χ3n) is 4.89. The fraction of sp³-hybridized carbons (Fsp3) is 0.318. The highest BCUT2D eigenvalue weighted by Gasteiger charge is 2.17. The first-order valence-corrected chi connectivity index (χ1v) is 9.17. The summed E-state index contributed by atoms with van der Waals surface area (Å²) in [5.74, 6) is 0.968. The van der Waals surface area contributed by atoms with Crippen LogP contribution >= 0.6 is 0 Å². The maximum Gasteiger partial charge on any atom is 0.185 e. The second-order valence-electron chi connectivity index (χ2n) is 6.81. The van der Waals surface area contributed by atoms with Crippen molar-refractivity contribution in [3.8, 4) is 11.5 Å². The Kier molecular flexibility index (Phi) is 6.08. The van der Waals surface area contributed by atoms with E-state index in [1.807, 2.05) is 30.3 Å². The number of hydrogen-bond donors (Lipinski definition) is 2. The topological polar surface area (TPSA) is 51.0 Å². The van der Waals surface area contributed by atoms with Gasteiger partial charge in [-0.2, -0.15) is 0 Å². The largest absolute Gasteiger partial charge is 0.507 e. The molecule has 0 unspecified atom stereocenters. The molecular weight excluding hydrogens is 326 g/mol. The van der Waals surface area contributed by atoms with Crippen molar-refractivity contribution in [3.63, 3.8) is 0 Å². The standard InChI is InChI=1S/C22H25NO3/c1-26-20-7-5-6-17(14-20)8-10-21(24)18-9-11-22(25)19(15-18)16-23-12-3-2-4-13-23/h5-11,14-15,25H,2-4,12-13,16H2,1H3/p+1/b10-8+. The third kappa shape index (κ3) is 4.73. The number of nitrogens with one attached hydrogen (secondary N) is 1. The predicted molar refractivity (Wildman–Crippen MR) is 103 cm³/mol. The van der Waals surface area contributed by atoms with E-state index in [0.717, 1.165) is 36.5 Å². The highest BCUT2D eigenvalue weighted by Crippen LogP contribution is 2.19. The lowest BCUT2D eigenvalue weighted by Gasteiger charge is -2.23. The van der Waals surface area contributed by atoms with E-state index in [1.165, 1.54) is 24.2 Å². The van der Waals surface area contributed by atoms with E-state index in [0.29, 0.717) is 5.56 Å². The molecule has 1 saturated heterocycles. The van der Waals surface area contributed by atoms with Gasteiger partial charge in [-0.05, 0) is 61.2 Å². The van der Waals surface area contributed by atoms with Crippen LogP contribution in [-0.2, 0) is 6.54 Å². The highest BCUT2D eigenvalue weighted by molar-refractivity contribution is 6.07. The molecule has 0 saturated carbocycles. The van der Waals surface area contributed by atoms with Crippen LogP contribution in [0.15, 0.2) is 48.5 Å². The zero-order valence-electron chi connectivity index (χ0n) is 15.2. The summed E-state index contributed by atoms with van der Waals surface area (Å²) in [7, 11) is 1.62. The fourth-order valence-corrected chi connectivity index (χ4v) is 3.39. The number of ketones is 1. The first kappa shape index (κ1) is 18.2. The zero-order chi connectivity index (χ0) is 18.4. The van der Waals surface area contributed by atoms with Crippen LogP contribution in [-0.4, -0.2) is 31.1 Å². The highest BCUT2D eigenvalue weighted by atomic mass is 16.5. The number of phenols is 1. The number of carbonyl (C=O) groups excluding carboxylic acids is 1. The molecule has 0 spiro atoms. The molecule has 0 radical (unpaired) electrons. The van der Waals surface area contributed by atoms with E-state index in [-0.39, 0.29) is 11.5 Å². The van der Waals surface area contributed by atoms with Gasteiger partial charge in [0.15, 0.2) is 5.78 Å². The summed E-state index contributed by atoms with van der Waals surface area (Å²) in [6.07, 6.45) is 7.12. The predicted octanol–water partition coefficient (Wildman–Crippen LogP) is 2.87. The summed E-state index contributed by atoms with van der Waals surface area (Å²) in [4.78, 5) is 14.0. The van der Waals surface area contributed by atoms with Gasteiger partial charge in [0.25, 0.3) is 0 Å². The molecule has 0 aromatic heterocycles. The summed E-state index contributed by atoms with van der Waals surface area (Å²) >= 11 is 0. The molecule has 3 rings (SSSR count). The molecule has 4 nitrogen and oxygen atoms in total. The smallest absolute Gasteiger partial charge is 0.185 e. The van der Waals surface area contributed by atoms with Crippen LogP contribution in [0, 0.1) is 0 Å². The summed E-state index contributed by atoms with van der Waals surface area (Å²) in [5, 5.41) is 10.2. The molecule has 2 aromatic carbocycles. The van der Waals surface area contributed by atoms with Crippen LogP contribution in [0.25, 0.3) is 6.08 Å². The second-order valence-corrected chi connectivity index (χ2v) is 6.81. The number of allylic oxidation sites excluding steroid dienone is 1. The van der Waals surface area contributed by atoms with E-state index >= 15 is 0 Å². The van der Waals surface area contributed by atoms with Crippen molar-refractivity contribution in [2.45, 2.75) is 25.8 Å². The number of aromatic hydroxyl groups is 1. The van der Waals surface area contributed by atoms with Crippen molar-refractivity contribution in [2.75, 3.05) is 20.2 Å². The lowest BCUT2D eigenvalue weighted by molar-refractivity contribution is -0.918. The van der Waals surface area contributed by atoms with Crippen LogP contribution in [0.3, 0.4) is 0 Å². The summed E-state index contributed by atoms with van der Waals surface area (Å²) in [6, 6.07) is 12.7. The number of rotatable bonds is 6. The Morgan fingerprint density at radius 3 is 2.73 bits per heavy atom. The van der Waals surface area contributed by atoms with E-state index in [2.05, 4.69) is 0 Å². The first-order valence-electron chi connectivity index (χ1n) is 9.17. The van der Waals surface area contributed by atoms with Gasteiger partial charge in [-0.15, -0.1) is 0 Å². The molecule has 0 aliphatic carbocycles. The number of quaternary nitrogens is 1. The Morgan fingerprint density at radius 1 is 1.15 bits per heavy atom. The van der Waals surface area contributed by atoms with E-state index in [1.54, 1.807) is 31.4 Å². The number of hydrogen-bond acceptors (Lipinski definition) is 3. The molecule has 136 valence electrons. The van der Waals surface area contributed by atoms with Crippen molar-refractivity contribution in [2.24, 2.45) is 0 Å². The lowest BCUT2D eigenvalue weighted by Crippen LogP contribution is -3.11. The number of likely N-dealkylation sites (tertiary alicyclic amines) is 1. The van der Waals surface area contributed by atoms with Crippen LogP contribution in [0.2, 0.25) is 0 Å². The minimum atomic E-state index is -0.0669. The Morgan fingerprint density at radius 2 is 1.96 bits per heavy atom. The van der Waals surface area contributed by atoms with Crippen LogP contribution in [0.1, 0.15) is 40.7 Å². The number of carbonyl (C=O) groups is 1. The second kappa shape index (κ2) is 8.68. The number of benzene rings is 2. The van der Waals surface area contributed by atoms with Crippen LogP contribution in [0.5, 0.6) is 11.5 Å². The molecule has 1 aliphatic rings. The van der Waals surface area contributed by atoms with Crippen molar-refractivity contribution in [1.82, 2.24) is 0 Å². The van der Waals surface area contributed by atoms with Crippen molar-refractivity contribution in [3.05, 3.63) is 65.2 Å². The third-order valence-corrected chi connectivity index (χ3v) is 4.89. The molecule has 2 N–H and O–H groups in total. The molecule has 1 fully saturated rings. The number of methoxy groups -OCH3 is 1. The fourth-order valence-electron chi connectivity index (χ4n) is 3.39. The number of piperidine rings is 1. The normalized spacial score (nSPS) is 15.3. The minimum Gasteiger partial charge on any atom is -0.507 e. The van der Waals surface area contributed by atoms with E-state index in [4.69, 9.17) is 4.74 Å². The molecular formula is C22H26NO3+. The zero-order valence-corrected chi connectivity index (χ0v) is 15.2. The average molecular weight is 352 g/mol. The van der Waals surface area contributed by atoms with Gasteiger partial charge in [-0.1, -0.05) is 18.2 Å². The Balaban J connectivity index is 1.72. The van der Waals surface area contributed by atoms with Crippen molar-refractivity contribution < 1.29 is 19.5 Å². The molecule has 26 heavy (non-hydrogen) atoms. The van der Waals surface area contributed by atoms with E-state index < -0.39 is 0 Å². The molecule has 1 aliphatic heterocycles. The molecule has 0 bridgehead atoms. The van der Waals surface area contributed by atoms with Crippen LogP contribution in [0.4, 0.5) is 0 Å². The van der Waals surface area contributed by atoms with Gasteiger partial charge in [0.05, 0.1) is 20.2 Å². The average Bonchev–Trinajstić information content (AvgIpc) is 2.69. The van der Waals surface area contributed by atoms with Gasteiger partial charge in [-0.3, -0.25) is 4.79 Å². The molecule has 2 aromatic rings. The summed E-state index contributed by atoms with van der Waals surface area (Å²) in [6.45, 7) is 3.03. The molecule has 4 heteroatoms. The van der Waals surface area contributed by atoms with Gasteiger partial charge in [0.2, 0.25) is 0 Å². The number of ether oxygens (including phenoxy) is 1. The molecule has 1 heterocycles. The van der Waals surface area contributed by atoms with E-state index in [9.17, 15) is 9.90 Å². The van der Waals surface area contributed by atoms with Crippen molar-refractivity contribution in [1.29, 1.82) is 0 Å². The van der Waals surface area contributed by atoms with Gasteiger partial charge in [0, 0.05) is 11.1 Å². The van der Waals surface area contributed by atoms with Gasteiger partial charge in [0.1, 0.15) is 18.0 Å². The Bertz CT molecular complexity index is 792. The maximum atomic E-state index is 12.5. The quantitative estimate of drug-likeness (QED) is 0.621. The summed E-state index contributed by atoms with van der Waals surface area (Å²) in [5.41, 5.74) is 2.37. The Labute approximate surface area is 154 Å². The monoisotopic (exact) mass is 352 g/mol. The van der Waals surface area contributed by atoms with Gasteiger partial charge >= 0.3 is 0 Å². The van der Waals surface area contributed by atoms with Gasteiger partial charge < -0.3 is 14.7 Å². The van der Waals surface area contributed by atoms with Gasteiger partial charge in [-0.25, -0.2) is 0 Å². The van der Waals surface area contributed by atoms with Crippen molar-refractivity contribution >= 4 is 11.9 Å². The molecule has 0 atom stereocenters. The first-order chi connectivity index (χ1) is 12.7. The maximum absolute atomic E-state index is 12.5. The minimum absolute atomic E-state index is 0.0669. The number of phenolic OH excluding ortho intramolecular Hbond substituents is 1. The lowest BCUT2D eigenvalue weighted by atomic mass is 10.0. The Hall–Kier alpha value is -2.59. The molecule has 0 amide bonds.